The Morgan fingerprint density at radius 1 is 1.00 bits per heavy atom. The van der Waals surface area contributed by atoms with Crippen LogP contribution in [0.1, 0.15) is 22.3 Å². The summed E-state index contributed by atoms with van der Waals surface area (Å²) in [6.07, 6.45) is 0. The van der Waals surface area contributed by atoms with E-state index in [0.29, 0.717) is 12.4 Å². The van der Waals surface area contributed by atoms with Gasteiger partial charge in [0, 0.05) is 11.4 Å². The largest absolute Gasteiger partial charge is 0.493 e. The van der Waals surface area contributed by atoms with Gasteiger partial charge in [0.1, 0.15) is 5.75 Å². The summed E-state index contributed by atoms with van der Waals surface area (Å²) in [6, 6.07) is 12.2. The molecule has 2 aromatic carbocycles. The monoisotopic (exact) mass is 343 g/mol. The summed E-state index contributed by atoms with van der Waals surface area (Å²) in [5.74, 6) is 2.14. The highest BCUT2D eigenvalue weighted by atomic mass is 32.2. The fourth-order valence-electron chi connectivity index (χ4n) is 2.54. The van der Waals surface area contributed by atoms with E-state index in [1.54, 1.807) is 11.8 Å². The Morgan fingerprint density at radius 3 is 2.38 bits per heavy atom. The zero-order chi connectivity index (χ0) is 17.5. The Morgan fingerprint density at radius 2 is 1.71 bits per heavy atom. The molecule has 0 fully saturated rings. The zero-order valence-electron chi connectivity index (χ0n) is 14.8. The van der Waals surface area contributed by atoms with Crippen molar-refractivity contribution in [1.82, 2.24) is 0 Å². The third-order valence-electron chi connectivity index (χ3n) is 3.58. The number of rotatable bonds is 7. The minimum absolute atomic E-state index is 0.0263. The number of thioether (sulfide) groups is 1. The van der Waals surface area contributed by atoms with E-state index >= 15 is 0 Å². The third kappa shape index (κ3) is 5.93. The first-order chi connectivity index (χ1) is 11.4. The van der Waals surface area contributed by atoms with Crippen LogP contribution in [0.25, 0.3) is 0 Å². The molecule has 0 heterocycles. The maximum Gasteiger partial charge on any atom is 0.234 e. The first-order valence-corrected chi connectivity index (χ1v) is 9.25. The second-order valence-electron chi connectivity index (χ2n) is 6.09. The van der Waals surface area contributed by atoms with Gasteiger partial charge in [-0.15, -0.1) is 11.8 Å². The second-order valence-corrected chi connectivity index (χ2v) is 7.20. The molecule has 0 aromatic heterocycles. The van der Waals surface area contributed by atoms with E-state index < -0.39 is 0 Å². The Hall–Kier alpha value is -1.94. The molecule has 0 saturated heterocycles. The summed E-state index contributed by atoms with van der Waals surface area (Å²) in [4.78, 5) is 12.0. The average Bonchev–Trinajstić information content (AvgIpc) is 2.49. The molecule has 0 spiro atoms. The van der Waals surface area contributed by atoms with Crippen LogP contribution < -0.4 is 10.1 Å². The number of anilines is 1. The van der Waals surface area contributed by atoms with E-state index in [9.17, 15) is 4.79 Å². The molecule has 4 heteroatoms. The number of aryl methyl sites for hydroxylation is 4. The standard InChI is InChI=1S/C20H25NO2S/c1-14-5-6-19(17(4)10-14)21-20(22)13-24-8-7-23-18-11-15(2)9-16(3)12-18/h5-6,9-12H,7-8,13H2,1-4H3,(H,21,22). The minimum atomic E-state index is 0.0263. The second kappa shape index (κ2) is 8.78. The summed E-state index contributed by atoms with van der Waals surface area (Å²) in [6.45, 7) is 8.78. The molecule has 2 rings (SSSR count). The van der Waals surface area contributed by atoms with Crippen LogP contribution in [0.2, 0.25) is 0 Å². The normalized spacial score (nSPS) is 10.5. The topological polar surface area (TPSA) is 38.3 Å². The number of hydrogen-bond acceptors (Lipinski definition) is 3. The Bertz CT molecular complexity index is 693. The summed E-state index contributed by atoms with van der Waals surface area (Å²) in [5, 5.41) is 2.96. The molecule has 3 nitrogen and oxygen atoms in total. The van der Waals surface area contributed by atoms with E-state index in [4.69, 9.17) is 4.74 Å². The molecule has 1 amide bonds. The molecule has 0 aliphatic rings. The van der Waals surface area contributed by atoms with Crippen molar-refractivity contribution in [3.63, 3.8) is 0 Å². The van der Waals surface area contributed by atoms with Gasteiger partial charge in [0.05, 0.1) is 12.4 Å². The van der Waals surface area contributed by atoms with Crippen molar-refractivity contribution >= 4 is 23.4 Å². The zero-order valence-corrected chi connectivity index (χ0v) is 15.6. The average molecular weight is 343 g/mol. The lowest BCUT2D eigenvalue weighted by Gasteiger charge is -2.10. The summed E-state index contributed by atoms with van der Waals surface area (Å²) in [7, 11) is 0. The molecule has 0 atom stereocenters. The van der Waals surface area contributed by atoms with Crippen LogP contribution in [0.4, 0.5) is 5.69 Å². The van der Waals surface area contributed by atoms with Gasteiger partial charge in [-0.3, -0.25) is 4.79 Å². The number of ether oxygens (including phenoxy) is 1. The van der Waals surface area contributed by atoms with Gasteiger partial charge in [-0.25, -0.2) is 0 Å². The van der Waals surface area contributed by atoms with Gasteiger partial charge in [0.2, 0.25) is 5.91 Å². The Labute approximate surface area is 148 Å². The van der Waals surface area contributed by atoms with E-state index in [1.165, 1.54) is 16.7 Å². The highest BCUT2D eigenvalue weighted by Crippen LogP contribution is 2.18. The van der Waals surface area contributed by atoms with Crippen molar-refractivity contribution in [2.75, 3.05) is 23.4 Å². The molecule has 0 radical (unpaired) electrons. The van der Waals surface area contributed by atoms with Gasteiger partial charge in [-0.2, -0.15) is 0 Å². The van der Waals surface area contributed by atoms with Crippen molar-refractivity contribution in [2.45, 2.75) is 27.7 Å². The molecular formula is C20H25NO2S. The molecule has 1 N–H and O–H groups in total. The van der Waals surface area contributed by atoms with Gasteiger partial charge in [0.25, 0.3) is 0 Å². The quantitative estimate of drug-likeness (QED) is 0.742. The summed E-state index contributed by atoms with van der Waals surface area (Å²) >= 11 is 1.58. The van der Waals surface area contributed by atoms with Crippen LogP contribution >= 0.6 is 11.8 Å². The number of nitrogens with one attached hydrogen (secondary N) is 1. The predicted molar refractivity (Wildman–Crippen MR) is 103 cm³/mol. The Kier molecular flexibility index (Phi) is 6.73. The van der Waals surface area contributed by atoms with Crippen LogP contribution in [0, 0.1) is 27.7 Å². The molecule has 0 unspecified atom stereocenters. The number of carbonyl (C=O) groups excluding carboxylic acids is 1. The van der Waals surface area contributed by atoms with Crippen LogP contribution in [0.5, 0.6) is 5.75 Å². The van der Waals surface area contributed by atoms with Gasteiger partial charge in [0.15, 0.2) is 0 Å². The van der Waals surface area contributed by atoms with Crippen molar-refractivity contribution in [2.24, 2.45) is 0 Å². The number of hydrogen-bond donors (Lipinski definition) is 1. The maximum absolute atomic E-state index is 12.0. The summed E-state index contributed by atoms with van der Waals surface area (Å²) < 4.78 is 5.75. The fraction of sp³-hybridized carbons (Fsp3) is 0.350. The molecule has 128 valence electrons. The lowest BCUT2D eigenvalue weighted by atomic mass is 10.1. The van der Waals surface area contributed by atoms with E-state index in [2.05, 4.69) is 31.3 Å². The van der Waals surface area contributed by atoms with Crippen LogP contribution in [0.15, 0.2) is 36.4 Å². The minimum Gasteiger partial charge on any atom is -0.493 e. The first kappa shape index (κ1) is 18.4. The molecular weight excluding hydrogens is 318 g/mol. The number of benzene rings is 2. The third-order valence-corrected chi connectivity index (χ3v) is 4.50. The fourth-order valence-corrected chi connectivity index (χ4v) is 3.14. The van der Waals surface area contributed by atoms with E-state index in [0.717, 1.165) is 22.8 Å². The van der Waals surface area contributed by atoms with Gasteiger partial charge >= 0.3 is 0 Å². The molecule has 0 bridgehead atoms. The lowest BCUT2D eigenvalue weighted by Crippen LogP contribution is -2.16. The summed E-state index contributed by atoms with van der Waals surface area (Å²) in [5.41, 5.74) is 5.57. The molecule has 2 aromatic rings. The number of carbonyl (C=O) groups is 1. The van der Waals surface area contributed by atoms with E-state index in [-0.39, 0.29) is 5.91 Å². The van der Waals surface area contributed by atoms with Gasteiger partial charge in [-0.1, -0.05) is 23.8 Å². The van der Waals surface area contributed by atoms with Crippen molar-refractivity contribution in [3.8, 4) is 5.75 Å². The van der Waals surface area contributed by atoms with E-state index in [1.807, 2.05) is 38.1 Å². The number of amides is 1. The highest BCUT2D eigenvalue weighted by molar-refractivity contribution is 7.99. The molecule has 0 saturated carbocycles. The maximum atomic E-state index is 12.0. The lowest BCUT2D eigenvalue weighted by molar-refractivity contribution is -0.113. The molecule has 0 aliphatic carbocycles. The highest BCUT2D eigenvalue weighted by Gasteiger charge is 2.05. The smallest absolute Gasteiger partial charge is 0.234 e. The SMILES string of the molecule is Cc1cc(C)cc(OCCSCC(=O)Nc2ccc(C)cc2C)c1. The predicted octanol–water partition coefficient (Wildman–Crippen LogP) is 4.67. The molecule has 24 heavy (non-hydrogen) atoms. The van der Waals surface area contributed by atoms with Crippen LogP contribution in [-0.2, 0) is 4.79 Å². The van der Waals surface area contributed by atoms with Crippen molar-refractivity contribution < 1.29 is 9.53 Å². The Balaban J connectivity index is 1.69. The van der Waals surface area contributed by atoms with Crippen LogP contribution in [0.3, 0.4) is 0 Å². The van der Waals surface area contributed by atoms with Gasteiger partial charge in [-0.05, 0) is 62.6 Å². The van der Waals surface area contributed by atoms with Crippen LogP contribution in [-0.4, -0.2) is 24.0 Å². The van der Waals surface area contributed by atoms with Crippen molar-refractivity contribution in [1.29, 1.82) is 0 Å². The van der Waals surface area contributed by atoms with Crippen molar-refractivity contribution in [3.05, 3.63) is 58.7 Å². The molecule has 0 aliphatic heterocycles. The van der Waals surface area contributed by atoms with Gasteiger partial charge < -0.3 is 10.1 Å². The first-order valence-electron chi connectivity index (χ1n) is 8.10.